The van der Waals surface area contributed by atoms with Gasteiger partial charge in [0.15, 0.2) is 0 Å². The highest BCUT2D eigenvalue weighted by Gasteiger charge is 2.34. The van der Waals surface area contributed by atoms with Crippen LogP contribution in [0.3, 0.4) is 0 Å². The zero-order valence-corrected chi connectivity index (χ0v) is 17.0. The minimum Gasteiger partial charge on any atom is -0.468 e. The lowest BCUT2D eigenvalue weighted by molar-refractivity contribution is -0.148. The molecule has 0 saturated heterocycles. The summed E-state index contributed by atoms with van der Waals surface area (Å²) in [6.07, 6.45) is 3.22. The maximum absolute atomic E-state index is 12.8. The number of thiophene rings is 1. The number of ether oxygens (including phenoxy) is 1. The predicted molar refractivity (Wildman–Crippen MR) is 110 cm³/mol. The van der Waals surface area contributed by atoms with E-state index in [1.54, 1.807) is 0 Å². The minimum absolute atomic E-state index is 0.0227. The van der Waals surface area contributed by atoms with Crippen molar-refractivity contribution < 1.29 is 19.1 Å². The number of methoxy groups -OCH3 is 1. The van der Waals surface area contributed by atoms with Crippen molar-refractivity contribution >= 4 is 34.1 Å². The van der Waals surface area contributed by atoms with E-state index in [-0.39, 0.29) is 18.4 Å². The molecule has 1 aliphatic carbocycles. The Labute approximate surface area is 172 Å². The van der Waals surface area contributed by atoms with Gasteiger partial charge in [0.25, 0.3) is 5.91 Å². The van der Waals surface area contributed by atoms with Gasteiger partial charge in [-0.1, -0.05) is 24.3 Å². The molecule has 4 rings (SSSR count). The van der Waals surface area contributed by atoms with Crippen LogP contribution < -0.4 is 11.1 Å². The van der Waals surface area contributed by atoms with Crippen molar-refractivity contribution in [2.24, 2.45) is 5.73 Å². The first kappa shape index (κ1) is 19.6. The van der Waals surface area contributed by atoms with E-state index < -0.39 is 11.9 Å². The molecular formula is C21H23N3O4S. The van der Waals surface area contributed by atoms with Crippen molar-refractivity contribution in [2.45, 2.75) is 38.3 Å². The molecule has 0 saturated carbocycles. The van der Waals surface area contributed by atoms with Gasteiger partial charge in [-0.25, -0.2) is 0 Å². The molecule has 0 unspecified atom stereocenters. The number of amides is 2. The standard InChI is InChI=1S/C21H23N3O4S/c1-28-21(27)15-9-12-5-2-3-6-13(12)10-24(15)11-17(25)23-20-18(19(22)26)14-7-4-8-16(14)29-20/h2-3,5-6,15H,4,7-11H2,1H3,(H2,22,26)(H,23,25)/t15-/m0/s1. The van der Waals surface area contributed by atoms with E-state index in [9.17, 15) is 14.4 Å². The second-order valence-corrected chi connectivity index (χ2v) is 8.50. The number of hydrogen-bond acceptors (Lipinski definition) is 6. The SMILES string of the molecule is COC(=O)[C@@H]1Cc2ccccc2CN1CC(=O)Nc1sc2c(c1C(N)=O)CCC2. The van der Waals surface area contributed by atoms with Crippen LogP contribution in [-0.2, 0) is 40.1 Å². The van der Waals surface area contributed by atoms with Crippen molar-refractivity contribution in [3.63, 3.8) is 0 Å². The zero-order valence-electron chi connectivity index (χ0n) is 16.2. The molecule has 1 atom stereocenters. The van der Waals surface area contributed by atoms with Crippen LogP contribution in [0.1, 0.15) is 38.3 Å². The summed E-state index contributed by atoms with van der Waals surface area (Å²) in [7, 11) is 1.35. The number of nitrogens with one attached hydrogen (secondary N) is 1. The van der Waals surface area contributed by atoms with Crippen LogP contribution in [0.2, 0.25) is 0 Å². The molecular weight excluding hydrogens is 390 g/mol. The Kier molecular flexibility index (Phi) is 5.38. The second-order valence-electron chi connectivity index (χ2n) is 7.39. The second kappa shape index (κ2) is 7.96. The first-order valence-electron chi connectivity index (χ1n) is 9.60. The quantitative estimate of drug-likeness (QED) is 0.729. The van der Waals surface area contributed by atoms with E-state index in [0.717, 1.165) is 40.8 Å². The van der Waals surface area contributed by atoms with Gasteiger partial charge >= 0.3 is 5.97 Å². The van der Waals surface area contributed by atoms with Crippen LogP contribution >= 0.6 is 11.3 Å². The molecule has 152 valence electrons. The fraction of sp³-hybridized carbons (Fsp3) is 0.381. The number of nitrogens with zero attached hydrogens (tertiary/aromatic N) is 1. The van der Waals surface area contributed by atoms with Gasteiger partial charge in [-0.3, -0.25) is 19.3 Å². The van der Waals surface area contributed by atoms with Crippen LogP contribution in [0.5, 0.6) is 0 Å². The monoisotopic (exact) mass is 413 g/mol. The predicted octanol–water partition coefficient (Wildman–Crippen LogP) is 1.87. The normalized spacial score (nSPS) is 18.0. The van der Waals surface area contributed by atoms with Crippen molar-refractivity contribution in [3.05, 3.63) is 51.4 Å². The van der Waals surface area contributed by atoms with Crippen LogP contribution in [0.25, 0.3) is 0 Å². The molecule has 2 amide bonds. The van der Waals surface area contributed by atoms with Crippen LogP contribution in [-0.4, -0.2) is 42.4 Å². The van der Waals surface area contributed by atoms with Crippen molar-refractivity contribution in [2.75, 3.05) is 19.0 Å². The van der Waals surface area contributed by atoms with E-state index in [2.05, 4.69) is 5.32 Å². The van der Waals surface area contributed by atoms with Crippen LogP contribution in [0.4, 0.5) is 5.00 Å². The zero-order chi connectivity index (χ0) is 20.5. The molecule has 2 aromatic rings. The van der Waals surface area contributed by atoms with Gasteiger partial charge < -0.3 is 15.8 Å². The molecule has 0 bridgehead atoms. The summed E-state index contributed by atoms with van der Waals surface area (Å²) in [5.41, 5.74) is 9.15. The first-order valence-corrected chi connectivity index (χ1v) is 10.4. The van der Waals surface area contributed by atoms with Gasteiger partial charge in [-0.05, 0) is 42.4 Å². The van der Waals surface area contributed by atoms with Gasteiger partial charge in [0, 0.05) is 11.4 Å². The van der Waals surface area contributed by atoms with E-state index in [0.29, 0.717) is 23.5 Å². The average Bonchev–Trinajstić information content (AvgIpc) is 3.27. The van der Waals surface area contributed by atoms with E-state index >= 15 is 0 Å². The lowest BCUT2D eigenvalue weighted by Crippen LogP contribution is -2.49. The highest BCUT2D eigenvalue weighted by molar-refractivity contribution is 7.17. The molecule has 29 heavy (non-hydrogen) atoms. The lowest BCUT2D eigenvalue weighted by Gasteiger charge is -2.34. The molecule has 2 aliphatic rings. The number of carbonyl (C=O) groups excluding carboxylic acids is 3. The molecule has 1 aromatic carbocycles. The number of primary amides is 1. The Bertz CT molecular complexity index is 984. The molecule has 0 fully saturated rings. The maximum atomic E-state index is 12.8. The fourth-order valence-corrected chi connectivity index (χ4v) is 5.53. The Hall–Kier alpha value is -2.71. The number of hydrogen-bond donors (Lipinski definition) is 2. The third-order valence-corrected chi connectivity index (χ3v) is 6.79. The molecule has 3 N–H and O–H groups in total. The van der Waals surface area contributed by atoms with Gasteiger partial charge in [0.2, 0.25) is 5.91 Å². The number of anilines is 1. The lowest BCUT2D eigenvalue weighted by atomic mass is 9.94. The molecule has 2 heterocycles. The van der Waals surface area contributed by atoms with Gasteiger partial charge in [-0.2, -0.15) is 0 Å². The number of nitrogens with two attached hydrogens (primary N) is 1. The van der Waals surface area contributed by atoms with Crippen molar-refractivity contribution in [3.8, 4) is 0 Å². The van der Waals surface area contributed by atoms with Gasteiger partial charge in [0.1, 0.15) is 11.0 Å². The molecule has 1 aliphatic heterocycles. The van der Waals surface area contributed by atoms with Gasteiger partial charge in [0.05, 0.1) is 19.2 Å². The molecule has 0 radical (unpaired) electrons. The molecule has 7 nitrogen and oxygen atoms in total. The summed E-state index contributed by atoms with van der Waals surface area (Å²) in [6.45, 7) is 0.502. The number of esters is 1. The summed E-state index contributed by atoms with van der Waals surface area (Å²) in [5, 5.41) is 3.37. The number of carbonyl (C=O) groups is 3. The third-order valence-electron chi connectivity index (χ3n) is 5.59. The summed E-state index contributed by atoms with van der Waals surface area (Å²) in [5.74, 6) is -1.15. The molecule has 1 aromatic heterocycles. The minimum atomic E-state index is -0.524. The number of rotatable bonds is 5. The topological polar surface area (TPSA) is 102 Å². The van der Waals surface area contributed by atoms with E-state index in [1.165, 1.54) is 18.4 Å². The highest BCUT2D eigenvalue weighted by atomic mass is 32.1. The average molecular weight is 413 g/mol. The smallest absolute Gasteiger partial charge is 0.323 e. The third kappa shape index (κ3) is 3.77. The van der Waals surface area contributed by atoms with Crippen LogP contribution in [0, 0.1) is 0 Å². The highest BCUT2D eigenvalue weighted by Crippen LogP contribution is 2.38. The Morgan fingerprint density at radius 2 is 2.00 bits per heavy atom. The van der Waals surface area contributed by atoms with E-state index in [4.69, 9.17) is 10.5 Å². The molecule has 8 heteroatoms. The van der Waals surface area contributed by atoms with Gasteiger partial charge in [-0.15, -0.1) is 11.3 Å². The molecule has 0 spiro atoms. The summed E-state index contributed by atoms with van der Waals surface area (Å²) >= 11 is 1.42. The number of aryl methyl sites for hydroxylation is 1. The Morgan fingerprint density at radius 1 is 1.24 bits per heavy atom. The van der Waals surface area contributed by atoms with Crippen molar-refractivity contribution in [1.82, 2.24) is 4.90 Å². The number of fused-ring (bicyclic) bond motifs is 2. The first-order chi connectivity index (χ1) is 14.0. The summed E-state index contributed by atoms with van der Waals surface area (Å²) < 4.78 is 4.96. The van der Waals surface area contributed by atoms with Crippen LogP contribution in [0.15, 0.2) is 24.3 Å². The Balaban J connectivity index is 1.53. The Morgan fingerprint density at radius 3 is 2.72 bits per heavy atom. The van der Waals surface area contributed by atoms with E-state index in [1.807, 2.05) is 29.2 Å². The summed E-state index contributed by atoms with van der Waals surface area (Å²) in [4.78, 5) is 40.0. The fourth-order valence-electron chi connectivity index (χ4n) is 4.22. The van der Waals surface area contributed by atoms with Crippen molar-refractivity contribution in [1.29, 1.82) is 0 Å². The summed E-state index contributed by atoms with van der Waals surface area (Å²) in [6, 6.07) is 7.36. The maximum Gasteiger partial charge on any atom is 0.323 e. The number of benzene rings is 1. The largest absolute Gasteiger partial charge is 0.468 e.